The second-order valence-corrected chi connectivity index (χ2v) is 3.50. The fourth-order valence-corrected chi connectivity index (χ4v) is 1.54. The highest BCUT2D eigenvalue weighted by atomic mass is 35.5. The molecule has 0 aliphatic heterocycles. The third-order valence-corrected chi connectivity index (χ3v) is 2.43. The molecular formula is C8H8Cl2N2O4. The number of carbonyl (C=O) groups is 1. The molecule has 1 heterocycles. The van der Waals surface area contributed by atoms with Gasteiger partial charge in [-0.1, -0.05) is 23.2 Å². The molecule has 0 spiro atoms. The van der Waals surface area contributed by atoms with Crippen LogP contribution in [0.4, 0.5) is 0 Å². The fourth-order valence-electron chi connectivity index (χ4n) is 1.01. The summed E-state index contributed by atoms with van der Waals surface area (Å²) in [6.07, 6.45) is -2.36. The number of halogens is 2. The van der Waals surface area contributed by atoms with Crippen molar-refractivity contribution in [1.82, 2.24) is 9.97 Å². The summed E-state index contributed by atoms with van der Waals surface area (Å²) in [4.78, 5) is 18.1. The highest BCUT2D eigenvalue weighted by Gasteiger charge is 2.30. The van der Waals surface area contributed by atoms with Crippen LogP contribution in [0.15, 0.2) is 6.33 Å². The Kier molecular flexibility index (Phi) is 4.43. The van der Waals surface area contributed by atoms with Crippen molar-refractivity contribution >= 4 is 29.2 Å². The average molecular weight is 267 g/mol. The number of hydrogen-bond acceptors (Lipinski definition) is 6. The number of rotatable bonds is 3. The Morgan fingerprint density at radius 1 is 1.38 bits per heavy atom. The summed E-state index contributed by atoms with van der Waals surface area (Å²) in [5, 5.41) is 18.8. The molecule has 1 aromatic rings. The van der Waals surface area contributed by atoms with Crippen molar-refractivity contribution in [1.29, 1.82) is 0 Å². The van der Waals surface area contributed by atoms with Gasteiger partial charge in [-0.25, -0.2) is 14.8 Å². The van der Waals surface area contributed by atoms with Crippen LogP contribution in [0, 0.1) is 0 Å². The van der Waals surface area contributed by atoms with Gasteiger partial charge >= 0.3 is 5.97 Å². The number of aromatic nitrogens is 2. The minimum atomic E-state index is -1.80. The van der Waals surface area contributed by atoms with E-state index >= 15 is 0 Å². The van der Waals surface area contributed by atoms with E-state index < -0.39 is 18.2 Å². The molecule has 2 atom stereocenters. The van der Waals surface area contributed by atoms with Crippen molar-refractivity contribution in [2.45, 2.75) is 12.2 Å². The van der Waals surface area contributed by atoms with Gasteiger partial charge in [-0.15, -0.1) is 0 Å². The molecule has 0 fully saturated rings. The number of nitrogens with zero attached hydrogens (tertiary/aromatic N) is 2. The molecule has 88 valence electrons. The molecule has 0 aliphatic rings. The van der Waals surface area contributed by atoms with Gasteiger partial charge in [0.1, 0.15) is 22.7 Å². The lowest BCUT2D eigenvalue weighted by atomic mass is 10.1. The largest absolute Gasteiger partial charge is 0.467 e. The summed E-state index contributed by atoms with van der Waals surface area (Å²) in [6.45, 7) is 0. The average Bonchev–Trinajstić information content (AvgIpc) is 2.26. The van der Waals surface area contributed by atoms with Gasteiger partial charge in [-0.2, -0.15) is 0 Å². The van der Waals surface area contributed by atoms with E-state index in [2.05, 4.69) is 14.7 Å². The first kappa shape index (κ1) is 13.1. The Morgan fingerprint density at radius 2 is 1.88 bits per heavy atom. The Bertz CT molecular complexity index is 381. The van der Waals surface area contributed by atoms with Gasteiger partial charge in [-0.3, -0.25) is 0 Å². The Morgan fingerprint density at radius 3 is 2.31 bits per heavy atom. The van der Waals surface area contributed by atoms with Crippen LogP contribution in [0.5, 0.6) is 0 Å². The minimum absolute atomic E-state index is 0.122. The van der Waals surface area contributed by atoms with E-state index in [9.17, 15) is 15.0 Å². The molecule has 16 heavy (non-hydrogen) atoms. The molecular weight excluding hydrogens is 259 g/mol. The fraction of sp³-hybridized carbons (Fsp3) is 0.375. The number of esters is 1. The van der Waals surface area contributed by atoms with E-state index in [0.29, 0.717) is 0 Å². The molecule has 6 nitrogen and oxygen atoms in total. The van der Waals surface area contributed by atoms with Crippen molar-refractivity contribution in [2.75, 3.05) is 7.11 Å². The first-order valence-corrected chi connectivity index (χ1v) is 4.84. The van der Waals surface area contributed by atoms with E-state index in [-0.39, 0.29) is 15.9 Å². The van der Waals surface area contributed by atoms with Crippen molar-refractivity contribution in [3.05, 3.63) is 22.2 Å². The van der Waals surface area contributed by atoms with Crippen LogP contribution in [0.25, 0.3) is 0 Å². The Labute approximate surface area is 101 Å². The van der Waals surface area contributed by atoms with Crippen LogP contribution in [-0.2, 0) is 9.53 Å². The van der Waals surface area contributed by atoms with Gasteiger partial charge in [0.25, 0.3) is 0 Å². The van der Waals surface area contributed by atoms with Gasteiger partial charge in [0.2, 0.25) is 0 Å². The number of carbonyl (C=O) groups excluding carboxylic acids is 1. The van der Waals surface area contributed by atoms with Crippen molar-refractivity contribution in [3.8, 4) is 0 Å². The maximum Gasteiger partial charge on any atom is 0.337 e. The quantitative estimate of drug-likeness (QED) is 0.606. The summed E-state index contributed by atoms with van der Waals surface area (Å²) >= 11 is 11.3. The third kappa shape index (κ3) is 2.59. The van der Waals surface area contributed by atoms with E-state index in [4.69, 9.17) is 23.2 Å². The van der Waals surface area contributed by atoms with Crippen molar-refractivity contribution in [3.63, 3.8) is 0 Å². The molecule has 1 aromatic heterocycles. The summed E-state index contributed by atoms with van der Waals surface area (Å²) < 4.78 is 4.26. The molecule has 0 amide bonds. The highest BCUT2D eigenvalue weighted by Crippen LogP contribution is 2.29. The van der Waals surface area contributed by atoms with Gasteiger partial charge in [-0.05, 0) is 0 Å². The molecule has 0 bridgehead atoms. The maximum atomic E-state index is 11.0. The molecule has 8 heteroatoms. The van der Waals surface area contributed by atoms with E-state index in [1.165, 1.54) is 0 Å². The molecule has 2 N–H and O–H groups in total. The molecule has 1 rings (SSSR count). The van der Waals surface area contributed by atoms with Crippen molar-refractivity contribution < 1.29 is 19.7 Å². The molecule has 0 saturated heterocycles. The summed E-state index contributed by atoms with van der Waals surface area (Å²) in [6, 6.07) is 0. The smallest absolute Gasteiger partial charge is 0.337 e. The zero-order valence-electron chi connectivity index (χ0n) is 8.09. The minimum Gasteiger partial charge on any atom is -0.467 e. The normalized spacial score (nSPS) is 14.3. The molecule has 0 saturated carbocycles. The molecule has 0 aromatic carbocycles. The van der Waals surface area contributed by atoms with E-state index in [1.807, 2.05) is 0 Å². The molecule has 0 radical (unpaired) electrons. The van der Waals surface area contributed by atoms with Gasteiger partial charge in [0.15, 0.2) is 6.10 Å². The first-order valence-electron chi connectivity index (χ1n) is 4.09. The SMILES string of the molecule is COC(=O)C(O)C(O)c1c(Cl)ncnc1Cl. The predicted octanol–water partition coefficient (Wildman–Crippen LogP) is 0.351. The second kappa shape index (κ2) is 5.40. The van der Waals surface area contributed by atoms with E-state index in [0.717, 1.165) is 13.4 Å². The van der Waals surface area contributed by atoms with Gasteiger partial charge in [0.05, 0.1) is 12.7 Å². The van der Waals surface area contributed by atoms with Crippen LogP contribution in [0.2, 0.25) is 10.3 Å². The van der Waals surface area contributed by atoms with E-state index in [1.54, 1.807) is 0 Å². The number of aliphatic hydroxyl groups excluding tert-OH is 2. The summed E-state index contributed by atoms with van der Waals surface area (Å²) in [7, 11) is 1.07. The standard InChI is InChI=1S/C8H8Cl2N2O4/c1-16-8(15)5(14)4(13)3-6(9)11-2-12-7(3)10/h2,4-5,13-14H,1H3. The zero-order valence-corrected chi connectivity index (χ0v) is 9.61. The van der Waals surface area contributed by atoms with Crippen molar-refractivity contribution in [2.24, 2.45) is 0 Å². The molecule has 0 aliphatic carbocycles. The van der Waals surface area contributed by atoms with Crippen LogP contribution >= 0.6 is 23.2 Å². The van der Waals surface area contributed by atoms with Gasteiger partial charge in [0, 0.05) is 0 Å². The summed E-state index contributed by atoms with van der Waals surface area (Å²) in [5.74, 6) is -1.01. The number of methoxy groups -OCH3 is 1. The van der Waals surface area contributed by atoms with Crippen LogP contribution < -0.4 is 0 Å². The number of hydrogen-bond donors (Lipinski definition) is 2. The lowest BCUT2D eigenvalue weighted by molar-refractivity contribution is -0.156. The lowest BCUT2D eigenvalue weighted by Crippen LogP contribution is -2.29. The number of aliphatic hydroxyl groups is 2. The zero-order chi connectivity index (χ0) is 12.3. The third-order valence-electron chi connectivity index (χ3n) is 1.82. The highest BCUT2D eigenvalue weighted by molar-refractivity contribution is 6.34. The first-order chi connectivity index (χ1) is 7.49. The lowest BCUT2D eigenvalue weighted by Gasteiger charge is -2.16. The van der Waals surface area contributed by atoms with Crippen LogP contribution in [0.3, 0.4) is 0 Å². The second-order valence-electron chi connectivity index (χ2n) is 2.78. The summed E-state index contributed by atoms with van der Waals surface area (Å²) in [5.41, 5.74) is -0.122. The van der Waals surface area contributed by atoms with Crippen LogP contribution in [0.1, 0.15) is 11.7 Å². The number of ether oxygens (including phenoxy) is 1. The van der Waals surface area contributed by atoms with Gasteiger partial charge < -0.3 is 14.9 Å². The predicted molar refractivity (Wildman–Crippen MR) is 55.0 cm³/mol. The monoisotopic (exact) mass is 266 g/mol. The maximum absolute atomic E-state index is 11.0. The molecule has 2 unspecified atom stereocenters. The Hall–Kier alpha value is -0.950. The Balaban J connectivity index is 3.04. The van der Waals surface area contributed by atoms with Crippen LogP contribution in [-0.4, -0.2) is 39.4 Å². The topological polar surface area (TPSA) is 92.5 Å².